The maximum Gasteiger partial charge on any atom is 0.278 e. The molecular weight excluding hydrogens is 296 g/mol. The Labute approximate surface area is 132 Å². The zero-order chi connectivity index (χ0) is 14.9. The molecule has 6 heteroatoms. The molecule has 1 aromatic heterocycles. The van der Waals surface area contributed by atoms with Gasteiger partial charge in [0, 0.05) is 17.0 Å². The second-order valence-electron chi connectivity index (χ2n) is 5.36. The SMILES string of the molecule is O=C(NC1=NCCS1)c1nn(-c2ccccc2)c2c1CCC2. The fraction of sp³-hybridized carbons (Fsp3) is 0.312. The van der Waals surface area contributed by atoms with Crippen molar-refractivity contribution in [1.29, 1.82) is 0 Å². The Bertz CT molecular complexity index is 751. The number of rotatable bonds is 2. The maximum atomic E-state index is 12.5. The number of amides is 1. The summed E-state index contributed by atoms with van der Waals surface area (Å²) in [6.45, 7) is 0.775. The van der Waals surface area contributed by atoms with Crippen LogP contribution in [0.5, 0.6) is 0 Å². The molecule has 22 heavy (non-hydrogen) atoms. The minimum Gasteiger partial charge on any atom is -0.300 e. The summed E-state index contributed by atoms with van der Waals surface area (Å²) in [7, 11) is 0. The number of aromatic nitrogens is 2. The van der Waals surface area contributed by atoms with E-state index in [9.17, 15) is 4.79 Å². The van der Waals surface area contributed by atoms with Crippen molar-refractivity contribution in [2.24, 2.45) is 4.99 Å². The van der Waals surface area contributed by atoms with Crippen molar-refractivity contribution in [3.8, 4) is 5.69 Å². The van der Waals surface area contributed by atoms with Gasteiger partial charge in [0.2, 0.25) is 0 Å². The first-order valence-electron chi connectivity index (χ1n) is 7.48. The molecule has 2 aromatic rings. The molecule has 112 valence electrons. The summed E-state index contributed by atoms with van der Waals surface area (Å²) in [4.78, 5) is 16.8. The van der Waals surface area contributed by atoms with Crippen molar-refractivity contribution in [1.82, 2.24) is 15.1 Å². The average Bonchev–Trinajstić information content (AvgIpc) is 3.25. The van der Waals surface area contributed by atoms with Crippen LogP contribution in [0.2, 0.25) is 0 Å². The number of nitrogens with one attached hydrogen (secondary N) is 1. The topological polar surface area (TPSA) is 59.3 Å². The van der Waals surface area contributed by atoms with E-state index in [1.54, 1.807) is 11.8 Å². The van der Waals surface area contributed by atoms with Crippen LogP contribution in [0.25, 0.3) is 5.69 Å². The molecule has 5 nitrogen and oxygen atoms in total. The van der Waals surface area contributed by atoms with Crippen molar-refractivity contribution in [3.05, 3.63) is 47.3 Å². The van der Waals surface area contributed by atoms with Gasteiger partial charge >= 0.3 is 0 Å². The van der Waals surface area contributed by atoms with Gasteiger partial charge in [-0.05, 0) is 31.4 Å². The number of hydrogen-bond donors (Lipinski definition) is 1. The lowest BCUT2D eigenvalue weighted by molar-refractivity contribution is 0.0972. The van der Waals surface area contributed by atoms with Crippen molar-refractivity contribution in [3.63, 3.8) is 0 Å². The summed E-state index contributed by atoms with van der Waals surface area (Å²) in [5.41, 5.74) is 3.81. The van der Waals surface area contributed by atoms with Crippen LogP contribution in [0.3, 0.4) is 0 Å². The number of amidine groups is 1. The van der Waals surface area contributed by atoms with Crippen LogP contribution in [-0.4, -0.2) is 33.2 Å². The van der Waals surface area contributed by atoms with Crippen LogP contribution in [0.4, 0.5) is 0 Å². The molecule has 0 atom stereocenters. The molecule has 1 aliphatic carbocycles. The maximum absolute atomic E-state index is 12.5. The van der Waals surface area contributed by atoms with Gasteiger partial charge in [0.15, 0.2) is 10.9 Å². The van der Waals surface area contributed by atoms with Crippen LogP contribution >= 0.6 is 11.8 Å². The van der Waals surface area contributed by atoms with Gasteiger partial charge in [-0.1, -0.05) is 30.0 Å². The molecule has 0 unspecified atom stereocenters. The van der Waals surface area contributed by atoms with Gasteiger partial charge in [0.05, 0.1) is 12.2 Å². The van der Waals surface area contributed by atoms with E-state index < -0.39 is 0 Å². The molecular formula is C16H16N4OS. The molecule has 1 amide bonds. The number of thioether (sulfide) groups is 1. The minimum absolute atomic E-state index is 0.138. The van der Waals surface area contributed by atoms with Crippen molar-refractivity contribution >= 4 is 22.8 Å². The summed E-state index contributed by atoms with van der Waals surface area (Å²) in [6.07, 6.45) is 2.97. The van der Waals surface area contributed by atoms with Crippen molar-refractivity contribution in [2.45, 2.75) is 19.3 Å². The number of benzene rings is 1. The Kier molecular flexibility index (Phi) is 3.46. The zero-order valence-electron chi connectivity index (χ0n) is 12.1. The number of fused-ring (bicyclic) bond motifs is 1. The van der Waals surface area contributed by atoms with Crippen LogP contribution in [0, 0.1) is 0 Å². The van der Waals surface area contributed by atoms with Gasteiger partial charge in [-0.25, -0.2) is 4.68 Å². The number of hydrogen-bond acceptors (Lipinski definition) is 4. The number of carbonyl (C=O) groups is 1. The molecule has 0 fully saturated rings. The highest BCUT2D eigenvalue weighted by atomic mass is 32.2. The lowest BCUT2D eigenvalue weighted by Gasteiger charge is -2.05. The third-order valence-corrected chi connectivity index (χ3v) is 4.84. The summed E-state index contributed by atoms with van der Waals surface area (Å²) >= 11 is 1.59. The Balaban J connectivity index is 1.70. The second kappa shape index (κ2) is 5.61. The average molecular weight is 312 g/mol. The lowest BCUT2D eigenvalue weighted by Crippen LogP contribution is -2.28. The van der Waals surface area contributed by atoms with Gasteiger partial charge < -0.3 is 0 Å². The Morgan fingerprint density at radius 3 is 2.86 bits per heavy atom. The van der Waals surface area contributed by atoms with Crippen molar-refractivity contribution < 1.29 is 4.79 Å². The number of para-hydroxylation sites is 1. The number of carbonyl (C=O) groups excluding carboxylic acids is 1. The normalized spacial score (nSPS) is 16.5. The quantitative estimate of drug-likeness (QED) is 0.925. The molecule has 0 saturated carbocycles. The molecule has 1 N–H and O–H groups in total. The first kappa shape index (κ1) is 13.6. The van der Waals surface area contributed by atoms with E-state index in [0.29, 0.717) is 10.9 Å². The third kappa shape index (κ3) is 2.33. The third-order valence-electron chi connectivity index (χ3n) is 3.95. The van der Waals surface area contributed by atoms with Crippen LogP contribution in [0.15, 0.2) is 35.3 Å². The second-order valence-corrected chi connectivity index (χ2v) is 6.45. The highest BCUT2D eigenvalue weighted by molar-refractivity contribution is 8.14. The predicted molar refractivity (Wildman–Crippen MR) is 87.8 cm³/mol. The Hall–Kier alpha value is -2.08. The molecule has 2 aliphatic rings. The molecule has 2 heterocycles. The van der Waals surface area contributed by atoms with E-state index in [1.807, 2.05) is 35.0 Å². The predicted octanol–water partition coefficient (Wildman–Crippen LogP) is 2.19. The first-order chi connectivity index (χ1) is 10.8. The van der Waals surface area contributed by atoms with Gasteiger partial charge in [-0.3, -0.25) is 15.1 Å². The molecule has 1 aliphatic heterocycles. The van der Waals surface area contributed by atoms with Crippen LogP contribution in [-0.2, 0) is 12.8 Å². The Morgan fingerprint density at radius 1 is 1.23 bits per heavy atom. The molecule has 0 bridgehead atoms. The van der Waals surface area contributed by atoms with E-state index in [0.717, 1.165) is 48.5 Å². The largest absolute Gasteiger partial charge is 0.300 e. The zero-order valence-corrected chi connectivity index (χ0v) is 12.9. The highest BCUT2D eigenvalue weighted by Crippen LogP contribution is 2.28. The van der Waals surface area contributed by atoms with E-state index in [-0.39, 0.29) is 5.91 Å². The molecule has 1 aromatic carbocycles. The van der Waals surface area contributed by atoms with Gasteiger partial charge in [-0.2, -0.15) is 5.10 Å². The lowest BCUT2D eigenvalue weighted by atomic mass is 10.2. The van der Waals surface area contributed by atoms with E-state index in [2.05, 4.69) is 15.4 Å². The smallest absolute Gasteiger partial charge is 0.278 e. The van der Waals surface area contributed by atoms with Crippen molar-refractivity contribution in [2.75, 3.05) is 12.3 Å². The fourth-order valence-electron chi connectivity index (χ4n) is 2.97. The highest BCUT2D eigenvalue weighted by Gasteiger charge is 2.27. The molecule has 4 rings (SSSR count). The van der Waals surface area contributed by atoms with Gasteiger partial charge in [-0.15, -0.1) is 0 Å². The fourth-order valence-corrected chi connectivity index (χ4v) is 3.69. The van der Waals surface area contributed by atoms with Gasteiger partial charge in [0.1, 0.15) is 0 Å². The first-order valence-corrected chi connectivity index (χ1v) is 8.46. The van der Waals surface area contributed by atoms with Gasteiger partial charge in [0.25, 0.3) is 5.91 Å². The molecule has 0 spiro atoms. The van der Waals surface area contributed by atoms with Crippen LogP contribution < -0.4 is 5.32 Å². The van der Waals surface area contributed by atoms with E-state index in [1.165, 1.54) is 0 Å². The summed E-state index contributed by atoms with van der Waals surface area (Å²) < 4.78 is 1.92. The summed E-state index contributed by atoms with van der Waals surface area (Å²) in [5, 5.41) is 8.19. The minimum atomic E-state index is -0.138. The van der Waals surface area contributed by atoms with Crippen LogP contribution in [0.1, 0.15) is 28.2 Å². The molecule has 0 radical (unpaired) electrons. The monoisotopic (exact) mass is 312 g/mol. The standard InChI is InChI=1S/C16H16N4OS/c21-15(18-16-17-9-10-22-16)14-12-7-4-8-13(12)20(19-14)11-5-2-1-3-6-11/h1-3,5-6H,4,7-10H2,(H,17,18,21). The number of aliphatic imine (C=N–C) groups is 1. The summed E-state index contributed by atoms with van der Waals surface area (Å²) in [6, 6.07) is 9.99. The van der Waals surface area contributed by atoms with E-state index >= 15 is 0 Å². The van der Waals surface area contributed by atoms with E-state index in [4.69, 9.17) is 0 Å². The summed E-state index contributed by atoms with van der Waals surface area (Å²) in [5.74, 6) is 0.799. The Morgan fingerprint density at radius 2 is 2.09 bits per heavy atom. The molecule has 0 saturated heterocycles. The number of nitrogens with zero attached hydrogens (tertiary/aromatic N) is 3.